The SMILES string of the molecule is CCc1cc(CN)cc(C(C)C)c1. The molecule has 72 valence electrons. The van der Waals surface area contributed by atoms with Gasteiger partial charge in [0.2, 0.25) is 0 Å². The molecule has 2 N–H and O–H groups in total. The van der Waals surface area contributed by atoms with Crippen molar-refractivity contribution in [3.8, 4) is 0 Å². The minimum Gasteiger partial charge on any atom is -0.326 e. The first-order chi connectivity index (χ1) is 6.17. The van der Waals surface area contributed by atoms with E-state index >= 15 is 0 Å². The van der Waals surface area contributed by atoms with Crippen molar-refractivity contribution in [2.75, 3.05) is 0 Å². The van der Waals surface area contributed by atoms with Gasteiger partial charge in [-0.05, 0) is 29.0 Å². The number of rotatable bonds is 3. The topological polar surface area (TPSA) is 26.0 Å². The molecule has 0 aliphatic carbocycles. The van der Waals surface area contributed by atoms with Crippen LogP contribution in [0.1, 0.15) is 43.4 Å². The molecule has 0 atom stereocenters. The first-order valence-corrected chi connectivity index (χ1v) is 5.00. The molecule has 0 amide bonds. The Morgan fingerprint density at radius 3 is 2.23 bits per heavy atom. The van der Waals surface area contributed by atoms with E-state index in [1.165, 1.54) is 16.7 Å². The molecule has 0 radical (unpaired) electrons. The van der Waals surface area contributed by atoms with Gasteiger partial charge >= 0.3 is 0 Å². The van der Waals surface area contributed by atoms with Crippen LogP contribution in [0.2, 0.25) is 0 Å². The minimum atomic E-state index is 0.594. The number of aryl methyl sites for hydroxylation is 1. The second-order valence-corrected chi connectivity index (χ2v) is 3.80. The zero-order chi connectivity index (χ0) is 9.84. The summed E-state index contributed by atoms with van der Waals surface area (Å²) in [5.74, 6) is 0.594. The molecule has 0 unspecified atom stereocenters. The lowest BCUT2D eigenvalue weighted by Crippen LogP contribution is -2.00. The van der Waals surface area contributed by atoms with Gasteiger partial charge in [-0.15, -0.1) is 0 Å². The summed E-state index contributed by atoms with van der Waals surface area (Å²) < 4.78 is 0. The van der Waals surface area contributed by atoms with Gasteiger partial charge in [-0.2, -0.15) is 0 Å². The van der Waals surface area contributed by atoms with Gasteiger partial charge in [-0.25, -0.2) is 0 Å². The normalized spacial score (nSPS) is 10.8. The summed E-state index contributed by atoms with van der Waals surface area (Å²) in [7, 11) is 0. The molecular weight excluding hydrogens is 158 g/mol. The molecule has 1 aromatic carbocycles. The summed E-state index contributed by atoms with van der Waals surface area (Å²) in [6.07, 6.45) is 1.09. The van der Waals surface area contributed by atoms with Crippen LogP contribution in [-0.2, 0) is 13.0 Å². The largest absolute Gasteiger partial charge is 0.326 e. The fourth-order valence-corrected chi connectivity index (χ4v) is 1.45. The molecule has 0 bridgehead atoms. The number of nitrogens with two attached hydrogens (primary N) is 1. The van der Waals surface area contributed by atoms with E-state index in [1.54, 1.807) is 0 Å². The molecule has 0 fully saturated rings. The summed E-state index contributed by atoms with van der Waals surface area (Å²) in [6.45, 7) is 7.26. The Bertz CT molecular complexity index is 254. The second kappa shape index (κ2) is 4.43. The fourth-order valence-electron chi connectivity index (χ4n) is 1.45. The molecule has 0 heterocycles. The van der Waals surface area contributed by atoms with Crippen LogP contribution in [0, 0.1) is 0 Å². The lowest BCUT2D eigenvalue weighted by Gasteiger charge is -2.10. The van der Waals surface area contributed by atoms with Gasteiger partial charge in [0.05, 0.1) is 0 Å². The van der Waals surface area contributed by atoms with Crippen LogP contribution in [0.3, 0.4) is 0 Å². The quantitative estimate of drug-likeness (QED) is 0.755. The van der Waals surface area contributed by atoms with Gasteiger partial charge in [-0.1, -0.05) is 39.0 Å². The highest BCUT2D eigenvalue weighted by molar-refractivity contribution is 5.31. The van der Waals surface area contributed by atoms with E-state index in [1.807, 2.05) is 0 Å². The van der Waals surface area contributed by atoms with Crippen LogP contribution in [0.15, 0.2) is 18.2 Å². The molecule has 0 saturated heterocycles. The van der Waals surface area contributed by atoms with E-state index in [4.69, 9.17) is 5.73 Å². The summed E-state index contributed by atoms with van der Waals surface area (Å²) in [5.41, 5.74) is 9.69. The maximum atomic E-state index is 5.64. The smallest absolute Gasteiger partial charge is 0.0178 e. The van der Waals surface area contributed by atoms with Crippen LogP contribution in [0.5, 0.6) is 0 Å². The highest BCUT2D eigenvalue weighted by Gasteiger charge is 2.02. The van der Waals surface area contributed by atoms with Crippen LogP contribution < -0.4 is 5.73 Å². The molecule has 1 heteroatoms. The van der Waals surface area contributed by atoms with Gasteiger partial charge in [-0.3, -0.25) is 0 Å². The fraction of sp³-hybridized carbons (Fsp3) is 0.500. The molecule has 0 aliphatic rings. The number of hydrogen-bond donors (Lipinski definition) is 1. The van der Waals surface area contributed by atoms with Crippen LogP contribution >= 0.6 is 0 Å². The molecule has 1 aromatic rings. The third kappa shape index (κ3) is 2.56. The van der Waals surface area contributed by atoms with Crippen molar-refractivity contribution in [2.45, 2.75) is 39.7 Å². The molecule has 1 rings (SSSR count). The summed E-state index contributed by atoms with van der Waals surface area (Å²) in [5, 5.41) is 0. The van der Waals surface area contributed by atoms with Crippen LogP contribution in [0.25, 0.3) is 0 Å². The zero-order valence-corrected chi connectivity index (χ0v) is 8.80. The highest BCUT2D eigenvalue weighted by Crippen LogP contribution is 2.18. The van der Waals surface area contributed by atoms with Gasteiger partial charge in [0, 0.05) is 6.54 Å². The molecule has 0 spiro atoms. The Hall–Kier alpha value is -0.820. The molecule has 0 aromatic heterocycles. The summed E-state index contributed by atoms with van der Waals surface area (Å²) >= 11 is 0. The Morgan fingerprint density at radius 2 is 1.77 bits per heavy atom. The predicted octanol–water partition coefficient (Wildman–Crippen LogP) is 2.83. The van der Waals surface area contributed by atoms with Crippen LogP contribution in [0.4, 0.5) is 0 Å². The van der Waals surface area contributed by atoms with E-state index in [0.29, 0.717) is 12.5 Å². The molecule has 13 heavy (non-hydrogen) atoms. The van der Waals surface area contributed by atoms with E-state index in [-0.39, 0.29) is 0 Å². The third-order valence-corrected chi connectivity index (χ3v) is 2.39. The van der Waals surface area contributed by atoms with Crippen molar-refractivity contribution in [2.24, 2.45) is 5.73 Å². The van der Waals surface area contributed by atoms with Crippen molar-refractivity contribution < 1.29 is 0 Å². The van der Waals surface area contributed by atoms with E-state index in [0.717, 1.165) is 6.42 Å². The highest BCUT2D eigenvalue weighted by atomic mass is 14.5. The average molecular weight is 177 g/mol. The first kappa shape index (κ1) is 10.3. The van der Waals surface area contributed by atoms with Crippen molar-refractivity contribution in [1.29, 1.82) is 0 Å². The standard InChI is InChI=1S/C12H19N/c1-4-10-5-11(8-13)7-12(6-10)9(2)3/h5-7,9H,4,8,13H2,1-3H3. The van der Waals surface area contributed by atoms with Gasteiger partial charge in [0.1, 0.15) is 0 Å². The van der Waals surface area contributed by atoms with Crippen LogP contribution in [-0.4, -0.2) is 0 Å². The van der Waals surface area contributed by atoms with Crippen molar-refractivity contribution in [1.82, 2.24) is 0 Å². The van der Waals surface area contributed by atoms with Crippen molar-refractivity contribution in [3.05, 3.63) is 34.9 Å². The Labute approximate surface area is 81.0 Å². The predicted molar refractivity (Wildman–Crippen MR) is 57.8 cm³/mol. The number of benzene rings is 1. The van der Waals surface area contributed by atoms with Gasteiger partial charge in [0.25, 0.3) is 0 Å². The minimum absolute atomic E-state index is 0.594. The first-order valence-electron chi connectivity index (χ1n) is 5.00. The van der Waals surface area contributed by atoms with Crippen molar-refractivity contribution >= 4 is 0 Å². The summed E-state index contributed by atoms with van der Waals surface area (Å²) in [4.78, 5) is 0. The Kier molecular flexibility index (Phi) is 3.49. The maximum absolute atomic E-state index is 5.64. The average Bonchev–Trinajstić information content (AvgIpc) is 2.16. The molecule has 0 aliphatic heterocycles. The van der Waals surface area contributed by atoms with Gasteiger partial charge in [0.15, 0.2) is 0 Å². The van der Waals surface area contributed by atoms with E-state index in [2.05, 4.69) is 39.0 Å². The number of hydrogen-bond acceptors (Lipinski definition) is 1. The monoisotopic (exact) mass is 177 g/mol. The molecule has 1 nitrogen and oxygen atoms in total. The van der Waals surface area contributed by atoms with Gasteiger partial charge < -0.3 is 5.73 Å². The lowest BCUT2D eigenvalue weighted by atomic mass is 9.97. The Balaban J connectivity index is 3.07. The molecule has 0 saturated carbocycles. The Morgan fingerprint density at radius 1 is 1.15 bits per heavy atom. The summed E-state index contributed by atoms with van der Waals surface area (Å²) in [6, 6.07) is 6.69. The maximum Gasteiger partial charge on any atom is 0.0178 e. The third-order valence-electron chi connectivity index (χ3n) is 2.39. The van der Waals surface area contributed by atoms with E-state index in [9.17, 15) is 0 Å². The van der Waals surface area contributed by atoms with Crippen molar-refractivity contribution in [3.63, 3.8) is 0 Å². The molecular formula is C12H19N. The van der Waals surface area contributed by atoms with E-state index < -0.39 is 0 Å². The lowest BCUT2D eigenvalue weighted by molar-refractivity contribution is 0.856. The zero-order valence-electron chi connectivity index (χ0n) is 8.80. The second-order valence-electron chi connectivity index (χ2n) is 3.80.